The van der Waals surface area contributed by atoms with Crippen LogP contribution in [0.4, 0.5) is 13.2 Å². The van der Waals surface area contributed by atoms with Crippen molar-refractivity contribution in [3.63, 3.8) is 0 Å². The molecule has 0 fully saturated rings. The second-order valence-electron chi connectivity index (χ2n) is 6.52. The highest BCUT2D eigenvalue weighted by Gasteiger charge is 2.38. The van der Waals surface area contributed by atoms with E-state index in [2.05, 4.69) is 5.10 Å². The average Bonchev–Trinajstić information content (AvgIpc) is 3.18. The molecule has 1 atom stereocenters. The van der Waals surface area contributed by atoms with E-state index in [9.17, 15) is 18.0 Å². The lowest BCUT2D eigenvalue weighted by Crippen LogP contribution is -2.28. The molecule has 0 unspecified atom stereocenters. The Morgan fingerprint density at radius 1 is 1.06 bits per heavy atom. The van der Waals surface area contributed by atoms with Crippen molar-refractivity contribution >= 4 is 34.3 Å². The van der Waals surface area contributed by atoms with Crippen LogP contribution in [-0.4, -0.2) is 23.1 Å². The molecule has 0 aromatic heterocycles. The first kappa shape index (κ1) is 21.3. The number of hydrazone groups is 1. The highest BCUT2D eigenvalue weighted by Crippen LogP contribution is 2.45. The van der Waals surface area contributed by atoms with Crippen molar-refractivity contribution in [2.75, 3.05) is 7.11 Å². The van der Waals surface area contributed by atoms with Gasteiger partial charge in [-0.15, -0.1) is 0 Å². The van der Waals surface area contributed by atoms with E-state index in [-0.39, 0.29) is 0 Å². The summed E-state index contributed by atoms with van der Waals surface area (Å²) >= 11 is 7.16. The summed E-state index contributed by atoms with van der Waals surface area (Å²) in [5, 5.41) is 5.53. The summed E-state index contributed by atoms with van der Waals surface area (Å²) in [6.07, 6.45) is 0. The zero-order valence-electron chi connectivity index (χ0n) is 16.0. The van der Waals surface area contributed by atoms with Crippen LogP contribution in [0.2, 0.25) is 5.02 Å². The molecule has 0 N–H and O–H groups in total. The number of methoxy groups -OCH3 is 1. The molecule has 0 spiro atoms. The topological polar surface area (TPSA) is 41.9 Å². The molecule has 0 aliphatic carbocycles. The Bertz CT molecular complexity index is 1160. The predicted molar refractivity (Wildman–Crippen MR) is 114 cm³/mol. The summed E-state index contributed by atoms with van der Waals surface area (Å²) in [5.74, 6) is -4.29. The van der Waals surface area contributed by atoms with E-state index in [1.165, 1.54) is 18.9 Å². The van der Waals surface area contributed by atoms with Gasteiger partial charge in [0.05, 0.1) is 7.11 Å². The number of thioether (sulfide) groups is 1. The van der Waals surface area contributed by atoms with E-state index in [1.54, 1.807) is 48.5 Å². The Morgan fingerprint density at radius 2 is 1.71 bits per heavy atom. The molecular weight excluding hydrogens is 449 g/mol. The molecular formula is C22H14ClF3N2O2S. The molecule has 1 aliphatic heterocycles. The van der Waals surface area contributed by atoms with Gasteiger partial charge in [0.1, 0.15) is 39.2 Å². The van der Waals surface area contributed by atoms with Crippen molar-refractivity contribution in [1.29, 1.82) is 0 Å². The Labute approximate surface area is 185 Å². The number of hydrogen-bond acceptors (Lipinski definition) is 4. The number of benzene rings is 3. The molecule has 0 bridgehead atoms. The third-order valence-corrected chi connectivity index (χ3v) is 6.04. The number of carbonyl (C=O) groups is 1. The van der Waals surface area contributed by atoms with Crippen molar-refractivity contribution in [2.24, 2.45) is 5.10 Å². The van der Waals surface area contributed by atoms with Crippen LogP contribution in [0, 0.1) is 17.5 Å². The van der Waals surface area contributed by atoms with Crippen molar-refractivity contribution in [3.05, 3.63) is 99.8 Å². The van der Waals surface area contributed by atoms with Gasteiger partial charge in [0.25, 0.3) is 5.91 Å². The van der Waals surface area contributed by atoms with Crippen molar-refractivity contribution < 1.29 is 22.7 Å². The third-order valence-electron chi connectivity index (χ3n) is 4.57. The number of hydrogen-bond donors (Lipinski definition) is 0. The first-order valence-corrected chi connectivity index (χ1v) is 10.3. The fourth-order valence-corrected chi connectivity index (χ4v) is 4.44. The smallest absolute Gasteiger partial charge is 0.281 e. The Hall–Kier alpha value is -2.97. The normalized spacial score (nSPS) is 15.7. The number of rotatable bonds is 4. The summed E-state index contributed by atoms with van der Waals surface area (Å²) < 4.78 is 47.4. The number of amides is 1. The molecule has 0 saturated carbocycles. The van der Waals surface area contributed by atoms with Crippen LogP contribution >= 0.6 is 23.4 Å². The van der Waals surface area contributed by atoms with Crippen LogP contribution < -0.4 is 4.74 Å². The highest BCUT2D eigenvalue weighted by molar-refractivity contribution is 8.14. The summed E-state index contributed by atoms with van der Waals surface area (Å²) in [6.45, 7) is 0. The molecule has 3 aromatic rings. The van der Waals surface area contributed by atoms with Gasteiger partial charge in [-0.2, -0.15) is 5.10 Å². The number of nitrogens with zero attached hydrogens (tertiary/aromatic N) is 2. The van der Waals surface area contributed by atoms with Gasteiger partial charge >= 0.3 is 0 Å². The fourth-order valence-electron chi connectivity index (χ4n) is 3.13. The quantitative estimate of drug-likeness (QED) is 0.476. The molecule has 4 rings (SSSR count). The molecule has 0 radical (unpaired) electrons. The third kappa shape index (κ3) is 4.13. The zero-order valence-corrected chi connectivity index (χ0v) is 17.6. The number of carbonyl (C=O) groups excluding carboxylic acids is 1. The SMILES string of the molecule is COc1ccccc1[C@H]1SC(c2ccc(Cl)cc2)=NN1C(=O)c1c(F)cc(F)cc1F. The van der Waals surface area contributed by atoms with Gasteiger partial charge in [0.15, 0.2) is 0 Å². The molecule has 0 saturated heterocycles. The minimum Gasteiger partial charge on any atom is -0.496 e. The van der Waals surface area contributed by atoms with Crippen LogP contribution in [-0.2, 0) is 0 Å². The summed E-state index contributed by atoms with van der Waals surface area (Å²) in [5.41, 5.74) is 0.367. The van der Waals surface area contributed by atoms with Gasteiger partial charge in [-0.1, -0.05) is 53.7 Å². The Balaban J connectivity index is 1.81. The molecule has 1 aliphatic rings. The highest BCUT2D eigenvalue weighted by atomic mass is 35.5. The van der Waals surface area contributed by atoms with Crippen LogP contribution in [0.5, 0.6) is 5.75 Å². The zero-order chi connectivity index (χ0) is 22.1. The summed E-state index contributed by atoms with van der Waals surface area (Å²) in [4.78, 5) is 13.2. The van der Waals surface area contributed by atoms with E-state index in [1.807, 2.05) is 0 Å². The summed E-state index contributed by atoms with van der Waals surface area (Å²) in [6, 6.07) is 14.6. The van der Waals surface area contributed by atoms with E-state index < -0.39 is 34.3 Å². The molecule has 4 nitrogen and oxygen atoms in total. The van der Waals surface area contributed by atoms with E-state index in [4.69, 9.17) is 16.3 Å². The van der Waals surface area contributed by atoms with Crippen molar-refractivity contribution in [2.45, 2.75) is 5.37 Å². The number of para-hydroxylation sites is 1. The standard InChI is InChI=1S/C22H14ClF3N2O2S/c1-30-18-5-3-2-4-15(18)22-28(21(29)19-16(25)10-14(24)11-17(19)26)27-20(31-22)12-6-8-13(23)9-7-12/h2-11,22H,1H3/t22-/m1/s1. The fraction of sp³-hybridized carbons (Fsp3) is 0.0909. The van der Waals surface area contributed by atoms with Gasteiger partial charge < -0.3 is 4.74 Å². The predicted octanol–water partition coefficient (Wildman–Crippen LogP) is 6.02. The monoisotopic (exact) mass is 462 g/mol. The molecule has 158 valence electrons. The molecule has 9 heteroatoms. The van der Waals surface area contributed by atoms with Crippen LogP contribution in [0.15, 0.2) is 65.8 Å². The average molecular weight is 463 g/mol. The maximum Gasteiger partial charge on any atom is 0.281 e. The number of ether oxygens (including phenoxy) is 1. The van der Waals surface area contributed by atoms with Gasteiger partial charge in [0.2, 0.25) is 0 Å². The van der Waals surface area contributed by atoms with Gasteiger partial charge in [-0.3, -0.25) is 4.79 Å². The van der Waals surface area contributed by atoms with Crippen molar-refractivity contribution in [1.82, 2.24) is 5.01 Å². The second kappa shape index (κ2) is 8.64. The van der Waals surface area contributed by atoms with E-state index >= 15 is 0 Å². The Morgan fingerprint density at radius 3 is 2.35 bits per heavy atom. The van der Waals surface area contributed by atoms with Gasteiger partial charge in [0, 0.05) is 28.3 Å². The van der Waals surface area contributed by atoms with Crippen LogP contribution in [0.3, 0.4) is 0 Å². The summed E-state index contributed by atoms with van der Waals surface area (Å²) in [7, 11) is 1.48. The lowest BCUT2D eigenvalue weighted by molar-refractivity contribution is 0.0738. The van der Waals surface area contributed by atoms with E-state index in [0.717, 1.165) is 5.01 Å². The molecule has 1 heterocycles. The maximum atomic E-state index is 14.3. The second-order valence-corrected chi connectivity index (χ2v) is 8.02. The van der Waals surface area contributed by atoms with E-state index in [0.29, 0.717) is 39.1 Å². The van der Waals surface area contributed by atoms with Crippen molar-refractivity contribution in [3.8, 4) is 5.75 Å². The molecule has 31 heavy (non-hydrogen) atoms. The van der Waals surface area contributed by atoms with Gasteiger partial charge in [-0.25, -0.2) is 18.2 Å². The number of halogens is 4. The molecule has 3 aromatic carbocycles. The van der Waals surface area contributed by atoms with Gasteiger partial charge in [-0.05, 0) is 18.2 Å². The minimum atomic E-state index is -1.30. The first-order chi connectivity index (χ1) is 14.9. The first-order valence-electron chi connectivity index (χ1n) is 9.01. The lowest BCUT2D eigenvalue weighted by atomic mass is 10.1. The lowest BCUT2D eigenvalue weighted by Gasteiger charge is -2.23. The van der Waals surface area contributed by atoms with Crippen LogP contribution in [0.1, 0.15) is 26.9 Å². The van der Waals surface area contributed by atoms with Crippen LogP contribution in [0.25, 0.3) is 0 Å². The minimum absolute atomic E-state index is 0.448. The largest absolute Gasteiger partial charge is 0.496 e. The Kier molecular flexibility index (Phi) is 5.93. The molecule has 1 amide bonds. The maximum absolute atomic E-state index is 14.3.